The van der Waals surface area contributed by atoms with Gasteiger partial charge in [-0.05, 0) is 54.6 Å². The van der Waals surface area contributed by atoms with Crippen LogP contribution < -0.4 is 5.73 Å². The molecule has 0 heterocycles. The summed E-state index contributed by atoms with van der Waals surface area (Å²) in [4.78, 5) is 0. The molecule has 0 spiro atoms. The second-order valence-electron chi connectivity index (χ2n) is 4.84. The quantitative estimate of drug-likeness (QED) is 0.832. The summed E-state index contributed by atoms with van der Waals surface area (Å²) in [7, 11) is 0. The summed E-state index contributed by atoms with van der Waals surface area (Å²) in [5.74, 6) is -0.0366. The Bertz CT molecular complexity index is 588. The van der Waals surface area contributed by atoms with Crippen LogP contribution in [0.25, 0.3) is 0 Å². The van der Waals surface area contributed by atoms with Gasteiger partial charge in [0.05, 0.1) is 0 Å². The summed E-state index contributed by atoms with van der Waals surface area (Å²) < 4.78 is 14.1. The smallest absolute Gasteiger partial charge is 0.124 e. The minimum absolute atomic E-state index is 0.275. The summed E-state index contributed by atoms with van der Waals surface area (Å²) in [6.07, 6.45) is 1.61. The molecule has 1 nitrogen and oxygen atoms in total. The molecule has 0 amide bonds. The van der Waals surface area contributed by atoms with E-state index in [1.807, 2.05) is 18.2 Å². The first-order valence-electron chi connectivity index (χ1n) is 6.47. The largest absolute Gasteiger partial charge is 0.330 e. The molecule has 0 aliphatic rings. The summed E-state index contributed by atoms with van der Waals surface area (Å²) in [6.45, 7) is 0.565. The number of rotatable bonds is 5. The zero-order chi connectivity index (χ0) is 14.5. The van der Waals surface area contributed by atoms with Crippen molar-refractivity contribution < 1.29 is 4.39 Å². The highest BCUT2D eigenvalue weighted by Gasteiger charge is 2.13. The van der Waals surface area contributed by atoms with Gasteiger partial charge in [-0.2, -0.15) is 0 Å². The van der Waals surface area contributed by atoms with Crippen LogP contribution in [-0.2, 0) is 12.8 Å². The highest BCUT2D eigenvalue weighted by Crippen LogP contribution is 2.24. The van der Waals surface area contributed by atoms with E-state index in [0.29, 0.717) is 11.6 Å². The lowest BCUT2D eigenvalue weighted by molar-refractivity contribution is 0.531. The molecule has 0 aliphatic carbocycles. The van der Waals surface area contributed by atoms with Crippen LogP contribution in [0.15, 0.2) is 46.9 Å². The van der Waals surface area contributed by atoms with Crippen molar-refractivity contribution in [2.45, 2.75) is 12.8 Å². The maximum absolute atomic E-state index is 13.1. The van der Waals surface area contributed by atoms with Gasteiger partial charge in [0.1, 0.15) is 5.82 Å². The van der Waals surface area contributed by atoms with E-state index in [0.717, 1.165) is 22.9 Å². The molecule has 2 aromatic rings. The first kappa shape index (κ1) is 15.5. The van der Waals surface area contributed by atoms with Gasteiger partial charge in [-0.15, -0.1) is 0 Å². The summed E-state index contributed by atoms with van der Waals surface area (Å²) in [5.41, 5.74) is 8.03. The lowest BCUT2D eigenvalue weighted by atomic mass is 9.92. The van der Waals surface area contributed by atoms with Gasteiger partial charge in [-0.3, -0.25) is 0 Å². The Hall–Kier alpha value is -0.900. The molecule has 4 heteroatoms. The normalized spacial score (nSPS) is 12.4. The fourth-order valence-electron chi connectivity index (χ4n) is 2.21. The van der Waals surface area contributed by atoms with Gasteiger partial charge in [-0.1, -0.05) is 51.8 Å². The number of nitrogens with two attached hydrogens (primary N) is 1. The molecule has 0 saturated heterocycles. The third-order valence-corrected chi connectivity index (χ3v) is 4.45. The Morgan fingerprint density at radius 2 is 1.80 bits per heavy atom. The molecule has 0 fully saturated rings. The number of halogens is 3. The zero-order valence-corrected chi connectivity index (χ0v) is 13.3. The lowest BCUT2D eigenvalue weighted by Crippen LogP contribution is -2.19. The Labute approximate surface area is 132 Å². The monoisotopic (exact) mass is 355 g/mol. The first-order valence-corrected chi connectivity index (χ1v) is 7.64. The van der Waals surface area contributed by atoms with E-state index in [1.54, 1.807) is 6.07 Å². The standard InChI is InChI=1S/C16H16BrClFN/c17-15-4-2-1-3-12(15)7-11(10-20)8-13-5-6-14(19)9-16(13)18/h1-6,9,11H,7-8,10,20H2. The highest BCUT2D eigenvalue weighted by atomic mass is 79.9. The highest BCUT2D eigenvalue weighted by molar-refractivity contribution is 9.10. The maximum atomic E-state index is 13.1. The van der Waals surface area contributed by atoms with E-state index in [1.165, 1.54) is 17.7 Å². The number of hydrogen-bond acceptors (Lipinski definition) is 1. The van der Waals surface area contributed by atoms with Crippen molar-refractivity contribution in [2.75, 3.05) is 6.54 Å². The molecule has 2 rings (SSSR count). The van der Waals surface area contributed by atoms with Crippen LogP contribution in [0.1, 0.15) is 11.1 Å². The van der Waals surface area contributed by atoms with E-state index < -0.39 is 0 Å². The van der Waals surface area contributed by atoms with Crippen LogP contribution in [0.5, 0.6) is 0 Å². The molecule has 0 radical (unpaired) electrons. The molecule has 106 valence electrons. The van der Waals surface area contributed by atoms with Gasteiger partial charge in [0.25, 0.3) is 0 Å². The third kappa shape index (κ3) is 4.05. The van der Waals surface area contributed by atoms with E-state index in [2.05, 4.69) is 22.0 Å². The van der Waals surface area contributed by atoms with E-state index in [9.17, 15) is 4.39 Å². The Morgan fingerprint density at radius 3 is 2.45 bits per heavy atom. The molecule has 0 saturated carbocycles. The SMILES string of the molecule is NCC(Cc1ccc(F)cc1Cl)Cc1ccccc1Br. The Kier molecular flexibility index (Phi) is 5.58. The van der Waals surface area contributed by atoms with Crippen LogP contribution in [-0.4, -0.2) is 6.54 Å². The molecule has 20 heavy (non-hydrogen) atoms. The topological polar surface area (TPSA) is 26.0 Å². The average Bonchev–Trinajstić information content (AvgIpc) is 2.43. The maximum Gasteiger partial charge on any atom is 0.124 e. The van der Waals surface area contributed by atoms with E-state index in [4.69, 9.17) is 17.3 Å². The van der Waals surface area contributed by atoms with Crippen LogP contribution in [0.3, 0.4) is 0 Å². The first-order chi connectivity index (χ1) is 9.60. The molecule has 0 bridgehead atoms. The van der Waals surface area contributed by atoms with Crippen LogP contribution >= 0.6 is 27.5 Å². The van der Waals surface area contributed by atoms with Crippen molar-refractivity contribution in [1.29, 1.82) is 0 Å². The van der Waals surface area contributed by atoms with Gasteiger partial charge < -0.3 is 5.73 Å². The molecule has 0 aliphatic heterocycles. The molecule has 1 atom stereocenters. The second kappa shape index (κ2) is 7.21. The van der Waals surface area contributed by atoms with Crippen molar-refractivity contribution in [3.8, 4) is 0 Å². The van der Waals surface area contributed by atoms with Gasteiger partial charge in [0, 0.05) is 9.50 Å². The van der Waals surface area contributed by atoms with Crippen molar-refractivity contribution in [3.63, 3.8) is 0 Å². The predicted octanol–water partition coefficient (Wildman–Crippen LogP) is 4.60. The average molecular weight is 357 g/mol. The summed E-state index contributed by atoms with van der Waals surface area (Å²) in [5, 5.41) is 0.468. The zero-order valence-electron chi connectivity index (χ0n) is 11.0. The minimum Gasteiger partial charge on any atom is -0.330 e. The predicted molar refractivity (Wildman–Crippen MR) is 85.5 cm³/mol. The fourth-order valence-corrected chi connectivity index (χ4v) is 2.90. The van der Waals surface area contributed by atoms with Gasteiger partial charge in [0.2, 0.25) is 0 Å². The molecular formula is C16H16BrClFN. The Morgan fingerprint density at radius 1 is 1.10 bits per heavy atom. The van der Waals surface area contributed by atoms with Crippen LogP contribution in [0.4, 0.5) is 4.39 Å². The molecular weight excluding hydrogens is 341 g/mol. The molecule has 2 aromatic carbocycles. The van der Waals surface area contributed by atoms with Crippen molar-refractivity contribution in [3.05, 3.63) is 68.9 Å². The second-order valence-corrected chi connectivity index (χ2v) is 6.10. The minimum atomic E-state index is -0.311. The van der Waals surface area contributed by atoms with Gasteiger partial charge in [0.15, 0.2) is 0 Å². The molecule has 1 unspecified atom stereocenters. The van der Waals surface area contributed by atoms with Crippen molar-refractivity contribution in [2.24, 2.45) is 11.7 Å². The summed E-state index contributed by atoms with van der Waals surface area (Å²) in [6, 6.07) is 12.6. The van der Waals surface area contributed by atoms with Crippen LogP contribution in [0.2, 0.25) is 5.02 Å². The number of benzene rings is 2. The lowest BCUT2D eigenvalue weighted by Gasteiger charge is -2.16. The van der Waals surface area contributed by atoms with E-state index in [-0.39, 0.29) is 11.7 Å². The van der Waals surface area contributed by atoms with Gasteiger partial charge >= 0.3 is 0 Å². The fraction of sp³-hybridized carbons (Fsp3) is 0.250. The van der Waals surface area contributed by atoms with Gasteiger partial charge in [-0.25, -0.2) is 4.39 Å². The van der Waals surface area contributed by atoms with Crippen molar-refractivity contribution in [1.82, 2.24) is 0 Å². The van der Waals surface area contributed by atoms with E-state index >= 15 is 0 Å². The number of hydrogen-bond donors (Lipinski definition) is 1. The Balaban J connectivity index is 2.11. The molecule has 0 aromatic heterocycles. The summed E-state index contributed by atoms with van der Waals surface area (Å²) >= 11 is 9.62. The third-order valence-electron chi connectivity index (χ3n) is 3.32. The van der Waals surface area contributed by atoms with Crippen molar-refractivity contribution >= 4 is 27.5 Å². The molecule has 2 N–H and O–H groups in total. The van der Waals surface area contributed by atoms with Crippen LogP contribution in [0, 0.1) is 11.7 Å².